The minimum Gasteiger partial charge on any atom is -0.475 e. The predicted molar refractivity (Wildman–Crippen MR) is 65.0 cm³/mol. The third kappa shape index (κ3) is 5.74. The maximum absolute atomic E-state index is 10.6. The molecule has 2 rings (SSSR count). The van der Waals surface area contributed by atoms with E-state index in [9.17, 15) is 13.2 Å². The van der Waals surface area contributed by atoms with Crippen LogP contribution in [0.1, 0.15) is 24.3 Å². The molecule has 6 heteroatoms. The van der Waals surface area contributed by atoms with Crippen molar-refractivity contribution in [2.24, 2.45) is 0 Å². The first kappa shape index (κ1) is 15.5. The highest BCUT2D eigenvalue weighted by Crippen LogP contribution is 2.24. The average Bonchev–Trinajstić information content (AvgIpc) is 2.40. The molecule has 0 aromatic heterocycles. The maximum atomic E-state index is 10.6. The van der Waals surface area contributed by atoms with Crippen LogP contribution < -0.4 is 5.32 Å². The summed E-state index contributed by atoms with van der Waals surface area (Å²) >= 11 is 0. The summed E-state index contributed by atoms with van der Waals surface area (Å²) in [6, 6.07) is 10.9. The van der Waals surface area contributed by atoms with Crippen molar-refractivity contribution in [2.75, 3.05) is 13.1 Å². The van der Waals surface area contributed by atoms with Gasteiger partial charge in [-0.15, -0.1) is 0 Å². The Morgan fingerprint density at radius 2 is 1.63 bits per heavy atom. The Morgan fingerprint density at radius 3 is 2.05 bits per heavy atom. The molecule has 3 nitrogen and oxygen atoms in total. The summed E-state index contributed by atoms with van der Waals surface area (Å²) in [6.45, 7) is 2.36. The molecule has 0 spiro atoms. The summed E-state index contributed by atoms with van der Waals surface area (Å²) in [5.41, 5.74) is 1.51. The minimum absolute atomic E-state index is 0.799. The molecular weight excluding hydrogens is 259 g/mol. The van der Waals surface area contributed by atoms with E-state index >= 15 is 0 Å². The summed E-state index contributed by atoms with van der Waals surface area (Å²) in [4.78, 5) is 8.90. The molecule has 19 heavy (non-hydrogen) atoms. The number of nitrogens with one attached hydrogen (secondary N) is 1. The number of halogens is 3. The molecule has 1 aromatic rings. The van der Waals surface area contributed by atoms with Crippen molar-refractivity contribution in [2.45, 2.75) is 24.9 Å². The molecule has 0 saturated carbocycles. The van der Waals surface area contributed by atoms with Gasteiger partial charge in [0.1, 0.15) is 0 Å². The Balaban J connectivity index is 0.000000224. The van der Waals surface area contributed by atoms with E-state index in [0.29, 0.717) is 0 Å². The number of carbonyl (C=O) groups is 1. The van der Waals surface area contributed by atoms with Gasteiger partial charge in [0, 0.05) is 0 Å². The van der Waals surface area contributed by atoms with Gasteiger partial charge in [0.05, 0.1) is 0 Å². The van der Waals surface area contributed by atoms with E-state index in [-0.39, 0.29) is 0 Å². The van der Waals surface area contributed by atoms with Crippen LogP contribution in [0.2, 0.25) is 0 Å². The lowest BCUT2D eigenvalue weighted by atomic mass is 9.90. The van der Waals surface area contributed by atoms with E-state index in [2.05, 4.69) is 35.6 Å². The molecule has 1 aliphatic heterocycles. The van der Waals surface area contributed by atoms with E-state index in [0.717, 1.165) is 5.92 Å². The largest absolute Gasteiger partial charge is 0.490 e. The number of piperidine rings is 1. The molecule has 0 amide bonds. The molecule has 0 unspecified atom stereocenters. The SMILES string of the molecule is O=C(O)C(F)(F)F.c1ccc(C2CCNCC2)cc1. The second kappa shape index (κ2) is 7.13. The van der Waals surface area contributed by atoms with Gasteiger partial charge in [-0.25, -0.2) is 4.79 Å². The second-order valence-corrected chi connectivity index (χ2v) is 4.24. The molecule has 1 aromatic carbocycles. The minimum atomic E-state index is -5.08. The van der Waals surface area contributed by atoms with Crippen molar-refractivity contribution in [3.05, 3.63) is 35.9 Å². The molecular formula is C13H16F3NO2. The topological polar surface area (TPSA) is 49.3 Å². The standard InChI is InChI=1S/C11H15N.C2HF3O2/c1-2-4-10(5-3-1)11-6-8-12-9-7-11;3-2(4,5)1(6)7/h1-5,11-12H,6-9H2;(H,6,7). The van der Waals surface area contributed by atoms with E-state index in [1.54, 1.807) is 0 Å². The van der Waals surface area contributed by atoms with Crippen molar-refractivity contribution < 1.29 is 23.1 Å². The van der Waals surface area contributed by atoms with Gasteiger partial charge in [-0.1, -0.05) is 30.3 Å². The highest BCUT2D eigenvalue weighted by molar-refractivity contribution is 5.73. The highest BCUT2D eigenvalue weighted by Gasteiger charge is 2.38. The second-order valence-electron chi connectivity index (χ2n) is 4.24. The molecule has 0 aliphatic carbocycles. The number of hydrogen-bond acceptors (Lipinski definition) is 2. The zero-order valence-corrected chi connectivity index (χ0v) is 10.3. The van der Waals surface area contributed by atoms with Gasteiger partial charge in [0.15, 0.2) is 0 Å². The van der Waals surface area contributed by atoms with Crippen molar-refractivity contribution >= 4 is 5.97 Å². The number of aliphatic carboxylic acids is 1. The molecule has 1 saturated heterocycles. The van der Waals surface area contributed by atoms with Crippen LogP contribution in [0.25, 0.3) is 0 Å². The Morgan fingerprint density at radius 1 is 1.16 bits per heavy atom. The summed E-state index contributed by atoms with van der Waals surface area (Å²) in [6.07, 6.45) is -2.49. The first-order chi connectivity index (χ1) is 8.91. The highest BCUT2D eigenvalue weighted by atomic mass is 19.4. The van der Waals surface area contributed by atoms with Crippen LogP contribution in [-0.4, -0.2) is 30.3 Å². The van der Waals surface area contributed by atoms with Crippen LogP contribution in [0.3, 0.4) is 0 Å². The molecule has 1 aliphatic rings. The van der Waals surface area contributed by atoms with Gasteiger partial charge in [0.2, 0.25) is 0 Å². The fourth-order valence-corrected chi connectivity index (χ4v) is 1.88. The number of benzene rings is 1. The van der Waals surface area contributed by atoms with Crippen molar-refractivity contribution in [1.29, 1.82) is 0 Å². The van der Waals surface area contributed by atoms with Crippen LogP contribution in [0, 0.1) is 0 Å². The number of carboxylic acid groups (broad SMARTS) is 1. The Labute approximate surface area is 109 Å². The molecule has 1 heterocycles. The van der Waals surface area contributed by atoms with Crippen LogP contribution in [-0.2, 0) is 4.79 Å². The van der Waals surface area contributed by atoms with Gasteiger partial charge in [0.25, 0.3) is 0 Å². The lowest BCUT2D eigenvalue weighted by Gasteiger charge is -2.22. The van der Waals surface area contributed by atoms with E-state index in [1.165, 1.54) is 31.5 Å². The van der Waals surface area contributed by atoms with E-state index in [4.69, 9.17) is 9.90 Å². The van der Waals surface area contributed by atoms with Crippen molar-refractivity contribution in [3.8, 4) is 0 Å². The van der Waals surface area contributed by atoms with E-state index in [1.807, 2.05) is 0 Å². The van der Waals surface area contributed by atoms with Crippen molar-refractivity contribution in [1.82, 2.24) is 5.32 Å². The third-order valence-corrected chi connectivity index (χ3v) is 2.85. The van der Waals surface area contributed by atoms with Crippen LogP contribution >= 0.6 is 0 Å². The van der Waals surface area contributed by atoms with Crippen LogP contribution in [0.15, 0.2) is 30.3 Å². The quantitative estimate of drug-likeness (QED) is 0.828. The van der Waals surface area contributed by atoms with Crippen LogP contribution in [0.4, 0.5) is 13.2 Å². The average molecular weight is 275 g/mol. The molecule has 1 fully saturated rings. The first-order valence-electron chi connectivity index (χ1n) is 5.97. The van der Waals surface area contributed by atoms with Gasteiger partial charge in [-0.3, -0.25) is 0 Å². The fraction of sp³-hybridized carbons (Fsp3) is 0.462. The Bertz CT molecular complexity index is 387. The summed E-state index contributed by atoms with van der Waals surface area (Å²) in [5, 5.41) is 10.5. The van der Waals surface area contributed by atoms with Gasteiger partial charge in [-0.05, 0) is 37.4 Å². The molecule has 0 bridgehead atoms. The fourth-order valence-electron chi connectivity index (χ4n) is 1.88. The smallest absolute Gasteiger partial charge is 0.475 e. The summed E-state index contributed by atoms with van der Waals surface area (Å²) in [7, 11) is 0. The number of carboxylic acids is 1. The molecule has 0 radical (unpaired) electrons. The zero-order valence-electron chi connectivity index (χ0n) is 10.3. The van der Waals surface area contributed by atoms with Gasteiger partial charge < -0.3 is 10.4 Å². The van der Waals surface area contributed by atoms with Crippen LogP contribution in [0.5, 0.6) is 0 Å². The third-order valence-electron chi connectivity index (χ3n) is 2.85. The van der Waals surface area contributed by atoms with Gasteiger partial charge in [-0.2, -0.15) is 13.2 Å². The predicted octanol–water partition coefficient (Wildman–Crippen LogP) is 2.79. The molecule has 106 valence electrons. The van der Waals surface area contributed by atoms with Gasteiger partial charge >= 0.3 is 12.1 Å². The number of hydrogen-bond donors (Lipinski definition) is 2. The zero-order chi connectivity index (χ0) is 14.3. The van der Waals surface area contributed by atoms with Crippen molar-refractivity contribution in [3.63, 3.8) is 0 Å². The molecule has 2 N–H and O–H groups in total. The molecule has 0 atom stereocenters. The maximum Gasteiger partial charge on any atom is 0.490 e. The number of alkyl halides is 3. The lowest BCUT2D eigenvalue weighted by Crippen LogP contribution is -2.26. The Hall–Kier alpha value is -1.56. The normalized spacial score (nSPS) is 16.4. The summed E-state index contributed by atoms with van der Waals surface area (Å²) in [5.74, 6) is -1.96. The lowest BCUT2D eigenvalue weighted by molar-refractivity contribution is -0.192. The Kier molecular flexibility index (Phi) is 5.82. The number of rotatable bonds is 1. The summed E-state index contributed by atoms with van der Waals surface area (Å²) < 4.78 is 31.7. The first-order valence-corrected chi connectivity index (χ1v) is 5.97. The monoisotopic (exact) mass is 275 g/mol. The van der Waals surface area contributed by atoms with E-state index < -0.39 is 12.1 Å².